The number of rotatable bonds is 6. The molecule has 9 heteroatoms. The number of halogens is 2. The van der Waals surface area contributed by atoms with Crippen molar-refractivity contribution in [3.8, 4) is 11.4 Å². The zero-order valence-corrected chi connectivity index (χ0v) is 16.0. The molecule has 0 atom stereocenters. The highest BCUT2D eigenvalue weighted by molar-refractivity contribution is 7.99. The van der Waals surface area contributed by atoms with E-state index in [9.17, 15) is 9.18 Å². The van der Waals surface area contributed by atoms with Crippen LogP contribution in [0, 0.1) is 5.82 Å². The van der Waals surface area contributed by atoms with Crippen LogP contribution in [-0.2, 0) is 11.3 Å². The van der Waals surface area contributed by atoms with Gasteiger partial charge in [0, 0.05) is 18.6 Å². The van der Waals surface area contributed by atoms with Crippen LogP contribution < -0.4 is 5.84 Å². The van der Waals surface area contributed by atoms with Crippen molar-refractivity contribution in [1.82, 2.24) is 19.8 Å². The van der Waals surface area contributed by atoms with E-state index in [0.717, 1.165) is 17.3 Å². The van der Waals surface area contributed by atoms with Crippen molar-refractivity contribution in [2.24, 2.45) is 0 Å². The maximum Gasteiger partial charge on any atom is 0.233 e. The van der Waals surface area contributed by atoms with Gasteiger partial charge in [0.1, 0.15) is 5.82 Å². The average Bonchev–Trinajstić information content (AvgIpc) is 3.02. The number of hydrogen-bond acceptors (Lipinski definition) is 5. The molecule has 0 saturated carbocycles. The van der Waals surface area contributed by atoms with E-state index in [0.29, 0.717) is 16.7 Å². The van der Waals surface area contributed by atoms with Crippen LogP contribution in [0.2, 0.25) is 5.02 Å². The van der Waals surface area contributed by atoms with Crippen LogP contribution >= 0.6 is 23.4 Å². The number of aromatic nitrogens is 3. The van der Waals surface area contributed by atoms with Crippen molar-refractivity contribution in [3.63, 3.8) is 0 Å². The minimum Gasteiger partial charge on any atom is -0.341 e. The van der Waals surface area contributed by atoms with Crippen molar-refractivity contribution in [2.45, 2.75) is 11.7 Å². The van der Waals surface area contributed by atoms with Crippen molar-refractivity contribution < 1.29 is 9.18 Å². The molecule has 1 aromatic heterocycles. The average molecular weight is 406 g/mol. The first-order valence-electron chi connectivity index (χ1n) is 8.02. The van der Waals surface area contributed by atoms with Crippen molar-refractivity contribution in [3.05, 3.63) is 64.9 Å². The quantitative estimate of drug-likeness (QED) is 0.503. The molecule has 0 bridgehead atoms. The van der Waals surface area contributed by atoms with E-state index >= 15 is 0 Å². The number of hydrogen-bond donors (Lipinski definition) is 1. The lowest BCUT2D eigenvalue weighted by molar-refractivity contribution is -0.127. The summed E-state index contributed by atoms with van der Waals surface area (Å²) in [7, 11) is 1.72. The Hall–Kier alpha value is -2.58. The van der Waals surface area contributed by atoms with Gasteiger partial charge in [0.2, 0.25) is 11.1 Å². The standard InChI is InChI=1S/C18H17ClFN5OS/c1-24(10-12-6-8-13(19)9-7-12)16(26)11-27-18-23-22-17(25(18)21)14-4-2-3-5-15(14)20/h2-9H,10-11,21H2,1H3. The molecular weight excluding hydrogens is 389 g/mol. The molecule has 0 unspecified atom stereocenters. The Morgan fingerprint density at radius 2 is 1.93 bits per heavy atom. The zero-order chi connectivity index (χ0) is 19.4. The number of carbonyl (C=O) groups is 1. The fourth-order valence-electron chi connectivity index (χ4n) is 2.39. The molecule has 3 aromatic rings. The minimum atomic E-state index is -0.438. The molecule has 0 aliphatic carbocycles. The Balaban J connectivity index is 1.62. The first kappa shape index (κ1) is 19.2. The number of benzene rings is 2. The lowest BCUT2D eigenvalue weighted by Crippen LogP contribution is -2.28. The number of nitrogens with two attached hydrogens (primary N) is 1. The lowest BCUT2D eigenvalue weighted by Gasteiger charge is -2.17. The molecule has 0 aliphatic heterocycles. The first-order chi connectivity index (χ1) is 13.0. The summed E-state index contributed by atoms with van der Waals surface area (Å²) in [5, 5.41) is 8.88. The van der Waals surface area contributed by atoms with Crippen LogP contribution in [0.1, 0.15) is 5.56 Å². The number of nitrogens with zero attached hydrogens (tertiary/aromatic N) is 4. The van der Waals surface area contributed by atoms with Gasteiger partial charge in [-0.1, -0.05) is 47.6 Å². The van der Waals surface area contributed by atoms with Gasteiger partial charge in [0.25, 0.3) is 0 Å². The van der Waals surface area contributed by atoms with Crippen LogP contribution in [0.4, 0.5) is 4.39 Å². The van der Waals surface area contributed by atoms with E-state index in [-0.39, 0.29) is 23.0 Å². The molecular formula is C18H17ClFN5OS. The highest BCUT2D eigenvalue weighted by Gasteiger charge is 2.17. The highest BCUT2D eigenvalue weighted by Crippen LogP contribution is 2.24. The van der Waals surface area contributed by atoms with Crippen molar-refractivity contribution in [1.29, 1.82) is 0 Å². The Labute approximate surface area is 165 Å². The molecule has 2 aromatic carbocycles. The van der Waals surface area contributed by atoms with Crippen LogP contribution in [-0.4, -0.2) is 38.5 Å². The molecule has 1 heterocycles. The number of nitrogen functional groups attached to an aromatic ring is 1. The molecule has 1 amide bonds. The lowest BCUT2D eigenvalue weighted by atomic mass is 10.2. The molecule has 0 aliphatic rings. The molecule has 0 saturated heterocycles. The summed E-state index contributed by atoms with van der Waals surface area (Å²) in [6, 6.07) is 13.5. The monoisotopic (exact) mass is 405 g/mol. The minimum absolute atomic E-state index is 0.0922. The third-order valence-electron chi connectivity index (χ3n) is 3.86. The van der Waals surface area contributed by atoms with Gasteiger partial charge in [0.05, 0.1) is 11.3 Å². The summed E-state index contributed by atoms with van der Waals surface area (Å²) in [6.07, 6.45) is 0. The van der Waals surface area contributed by atoms with Crippen LogP contribution in [0.15, 0.2) is 53.7 Å². The zero-order valence-electron chi connectivity index (χ0n) is 14.5. The molecule has 140 valence electrons. The van der Waals surface area contributed by atoms with Crippen LogP contribution in [0.3, 0.4) is 0 Å². The van der Waals surface area contributed by atoms with Gasteiger partial charge in [-0.15, -0.1) is 10.2 Å². The predicted octanol–water partition coefficient (Wildman–Crippen LogP) is 3.20. The van der Waals surface area contributed by atoms with Gasteiger partial charge in [0.15, 0.2) is 5.82 Å². The molecule has 0 fully saturated rings. The predicted molar refractivity (Wildman–Crippen MR) is 104 cm³/mol. The van der Waals surface area contributed by atoms with Gasteiger partial charge in [-0.3, -0.25) is 4.79 Å². The third-order valence-corrected chi connectivity index (χ3v) is 5.04. The van der Waals surface area contributed by atoms with Crippen molar-refractivity contribution in [2.75, 3.05) is 18.6 Å². The summed E-state index contributed by atoms with van der Waals surface area (Å²) >= 11 is 7.01. The highest BCUT2D eigenvalue weighted by atomic mass is 35.5. The fraction of sp³-hybridized carbons (Fsp3) is 0.167. The summed E-state index contributed by atoms with van der Waals surface area (Å²) in [6.45, 7) is 0.465. The van der Waals surface area contributed by atoms with Gasteiger partial charge >= 0.3 is 0 Å². The summed E-state index contributed by atoms with van der Waals surface area (Å²) in [5.41, 5.74) is 1.23. The molecule has 6 nitrogen and oxygen atoms in total. The number of thioether (sulfide) groups is 1. The first-order valence-corrected chi connectivity index (χ1v) is 9.38. The Bertz CT molecular complexity index is 947. The summed E-state index contributed by atoms with van der Waals surface area (Å²) in [4.78, 5) is 14.0. The van der Waals surface area contributed by atoms with E-state index in [1.54, 1.807) is 42.3 Å². The van der Waals surface area contributed by atoms with E-state index in [1.165, 1.54) is 10.7 Å². The number of carbonyl (C=O) groups excluding carboxylic acids is 1. The third kappa shape index (κ3) is 4.58. The normalized spacial score (nSPS) is 10.8. The van der Waals surface area contributed by atoms with E-state index in [4.69, 9.17) is 17.4 Å². The summed E-state index contributed by atoms with van der Waals surface area (Å²) < 4.78 is 15.1. The molecule has 0 spiro atoms. The smallest absolute Gasteiger partial charge is 0.233 e. The van der Waals surface area contributed by atoms with Crippen molar-refractivity contribution >= 4 is 29.3 Å². The molecule has 3 rings (SSSR count). The maximum atomic E-state index is 13.9. The molecule has 27 heavy (non-hydrogen) atoms. The molecule has 0 radical (unpaired) electrons. The fourth-order valence-corrected chi connectivity index (χ4v) is 3.31. The summed E-state index contributed by atoms with van der Waals surface area (Å²) in [5.74, 6) is 5.78. The molecule has 2 N–H and O–H groups in total. The van der Waals surface area contributed by atoms with Gasteiger partial charge in [-0.25, -0.2) is 9.07 Å². The second kappa shape index (κ2) is 8.41. The van der Waals surface area contributed by atoms with E-state index in [2.05, 4.69) is 10.2 Å². The van der Waals surface area contributed by atoms with Gasteiger partial charge < -0.3 is 10.7 Å². The maximum absolute atomic E-state index is 13.9. The Morgan fingerprint density at radius 3 is 2.63 bits per heavy atom. The van der Waals surface area contributed by atoms with Crippen LogP contribution in [0.25, 0.3) is 11.4 Å². The van der Waals surface area contributed by atoms with E-state index in [1.807, 2.05) is 12.1 Å². The van der Waals surface area contributed by atoms with Gasteiger partial charge in [-0.2, -0.15) is 0 Å². The Morgan fingerprint density at radius 1 is 1.22 bits per heavy atom. The Kier molecular flexibility index (Phi) is 5.98. The van der Waals surface area contributed by atoms with Crippen LogP contribution in [0.5, 0.6) is 0 Å². The second-order valence-corrected chi connectivity index (χ2v) is 7.20. The van der Waals surface area contributed by atoms with E-state index < -0.39 is 5.82 Å². The second-order valence-electron chi connectivity index (χ2n) is 5.82. The number of amides is 1. The SMILES string of the molecule is CN(Cc1ccc(Cl)cc1)C(=O)CSc1nnc(-c2ccccc2F)n1N. The largest absolute Gasteiger partial charge is 0.341 e. The topological polar surface area (TPSA) is 77.0 Å². The van der Waals surface area contributed by atoms with Gasteiger partial charge in [-0.05, 0) is 29.8 Å².